The summed E-state index contributed by atoms with van der Waals surface area (Å²) >= 11 is 11.4. The third kappa shape index (κ3) is 3.61. The van der Waals surface area contributed by atoms with Crippen LogP contribution in [0.2, 0.25) is 10.0 Å². The zero-order valence-corrected chi connectivity index (χ0v) is 10.6. The van der Waals surface area contributed by atoms with E-state index in [4.69, 9.17) is 23.2 Å². The van der Waals surface area contributed by atoms with Crippen molar-refractivity contribution in [2.24, 2.45) is 0 Å². The summed E-state index contributed by atoms with van der Waals surface area (Å²) in [5.74, 6) is -0.799. The molecule has 0 unspecified atom stereocenters. The number of phenolic OH excluding ortho intramolecular Hbond substituents is 1. The Hall–Kier alpha value is -1.26. The minimum Gasteiger partial charge on any atom is -0.505 e. The van der Waals surface area contributed by atoms with Gasteiger partial charge in [-0.15, -0.1) is 0 Å². The number of carbonyl (C=O) groups is 2. The first-order chi connectivity index (χ1) is 7.95. The van der Waals surface area contributed by atoms with Crippen molar-refractivity contribution in [1.82, 2.24) is 5.32 Å². The molecule has 0 saturated carbocycles. The van der Waals surface area contributed by atoms with E-state index in [-0.39, 0.29) is 39.6 Å². The number of rotatable bonds is 4. The molecule has 4 nitrogen and oxygen atoms in total. The number of halogens is 2. The van der Waals surface area contributed by atoms with Crippen LogP contribution >= 0.6 is 23.2 Å². The van der Waals surface area contributed by atoms with Crippen LogP contribution in [0.4, 0.5) is 0 Å². The quantitative estimate of drug-likeness (QED) is 0.830. The minimum atomic E-state index is -0.324. The van der Waals surface area contributed by atoms with Crippen LogP contribution < -0.4 is 5.32 Å². The van der Waals surface area contributed by atoms with Crippen LogP contribution in [0.15, 0.2) is 12.1 Å². The Balaban J connectivity index is 2.80. The molecule has 1 aromatic rings. The van der Waals surface area contributed by atoms with Crippen LogP contribution in [-0.4, -0.2) is 23.3 Å². The second-order valence-corrected chi connectivity index (χ2v) is 4.16. The van der Waals surface area contributed by atoms with Crippen molar-refractivity contribution in [3.05, 3.63) is 27.7 Å². The second kappa shape index (κ2) is 5.89. The molecule has 0 radical (unpaired) electrons. The zero-order chi connectivity index (χ0) is 13.0. The van der Waals surface area contributed by atoms with Crippen LogP contribution in [0.3, 0.4) is 0 Å². The van der Waals surface area contributed by atoms with Gasteiger partial charge >= 0.3 is 0 Å². The summed E-state index contributed by atoms with van der Waals surface area (Å²) in [5.41, 5.74) is 0.245. The largest absolute Gasteiger partial charge is 0.505 e. The zero-order valence-electron chi connectivity index (χ0n) is 9.09. The molecular formula is C11H11Cl2NO3. The highest BCUT2D eigenvalue weighted by molar-refractivity contribution is 6.37. The van der Waals surface area contributed by atoms with Gasteiger partial charge in [0.05, 0.1) is 16.6 Å². The third-order valence-electron chi connectivity index (χ3n) is 2.11. The van der Waals surface area contributed by atoms with Crippen LogP contribution in [0, 0.1) is 0 Å². The van der Waals surface area contributed by atoms with Crippen LogP contribution in [0.25, 0.3) is 0 Å². The highest BCUT2D eigenvalue weighted by Gasteiger charge is 2.12. The summed E-state index contributed by atoms with van der Waals surface area (Å²) in [6.45, 7) is 1.57. The summed E-state index contributed by atoms with van der Waals surface area (Å²) in [6, 6.07) is 2.62. The third-order valence-corrected chi connectivity index (χ3v) is 2.68. The van der Waals surface area contributed by atoms with Gasteiger partial charge in [0.15, 0.2) is 11.5 Å². The van der Waals surface area contributed by atoms with Gasteiger partial charge < -0.3 is 10.4 Å². The molecule has 0 fully saturated rings. The standard InChI is InChI=1S/C11H11Cl2NO3/c1-2-10(16)14-5-9(15)6-3-7(12)11(17)8(13)4-6/h3-4,17H,2,5H2,1H3,(H,14,16). The van der Waals surface area contributed by atoms with E-state index in [1.165, 1.54) is 12.1 Å². The number of amides is 1. The van der Waals surface area contributed by atoms with Gasteiger partial charge in [-0.3, -0.25) is 9.59 Å². The van der Waals surface area contributed by atoms with Crippen molar-refractivity contribution < 1.29 is 14.7 Å². The fourth-order valence-corrected chi connectivity index (χ4v) is 1.62. The molecule has 0 aromatic heterocycles. The normalized spacial score (nSPS) is 10.1. The molecular weight excluding hydrogens is 265 g/mol. The lowest BCUT2D eigenvalue weighted by Gasteiger charge is -2.06. The maximum Gasteiger partial charge on any atom is 0.220 e. The van der Waals surface area contributed by atoms with Gasteiger partial charge in [0.25, 0.3) is 0 Å². The van der Waals surface area contributed by atoms with Crippen LogP contribution in [0.1, 0.15) is 23.7 Å². The number of nitrogens with one attached hydrogen (secondary N) is 1. The molecule has 0 saturated heterocycles. The van der Waals surface area contributed by atoms with Crippen molar-refractivity contribution in [2.75, 3.05) is 6.54 Å². The maximum absolute atomic E-state index is 11.7. The van der Waals surface area contributed by atoms with Gasteiger partial charge in [-0.1, -0.05) is 30.1 Å². The van der Waals surface area contributed by atoms with E-state index in [0.29, 0.717) is 6.42 Å². The lowest BCUT2D eigenvalue weighted by Crippen LogP contribution is -2.28. The highest BCUT2D eigenvalue weighted by atomic mass is 35.5. The van der Waals surface area contributed by atoms with Crippen molar-refractivity contribution in [2.45, 2.75) is 13.3 Å². The molecule has 0 atom stereocenters. The molecule has 0 aliphatic heterocycles. The monoisotopic (exact) mass is 275 g/mol. The van der Waals surface area contributed by atoms with E-state index < -0.39 is 0 Å². The van der Waals surface area contributed by atoms with Crippen molar-refractivity contribution in [1.29, 1.82) is 0 Å². The number of aromatic hydroxyl groups is 1. The molecule has 0 spiro atoms. The fourth-order valence-electron chi connectivity index (χ4n) is 1.13. The Morgan fingerprint density at radius 1 is 1.29 bits per heavy atom. The molecule has 0 heterocycles. The number of ketones is 1. The number of phenols is 1. The molecule has 1 rings (SSSR count). The Kier molecular flexibility index (Phi) is 4.78. The molecule has 2 N–H and O–H groups in total. The fraction of sp³-hybridized carbons (Fsp3) is 0.273. The first kappa shape index (κ1) is 13.8. The van der Waals surface area contributed by atoms with E-state index in [9.17, 15) is 14.7 Å². The topological polar surface area (TPSA) is 66.4 Å². The molecule has 1 aromatic carbocycles. The van der Waals surface area contributed by atoms with E-state index in [1.807, 2.05) is 0 Å². The van der Waals surface area contributed by atoms with Crippen molar-refractivity contribution in [3.8, 4) is 5.75 Å². The summed E-state index contributed by atoms with van der Waals surface area (Å²) in [4.78, 5) is 22.6. The number of hydrogen-bond donors (Lipinski definition) is 2. The average Bonchev–Trinajstić information content (AvgIpc) is 2.31. The average molecular weight is 276 g/mol. The predicted molar refractivity (Wildman–Crippen MR) is 65.8 cm³/mol. The van der Waals surface area contributed by atoms with Gasteiger partial charge in [0, 0.05) is 12.0 Å². The Labute approximate surface area is 109 Å². The van der Waals surface area contributed by atoms with Gasteiger partial charge in [0.1, 0.15) is 0 Å². The molecule has 0 aliphatic rings. The number of carbonyl (C=O) groups excluding carboxylic acids is 2. The highest BCUT2D eigenvalue weighted by Crippen LogP contribution is 2.32. The Morgan fingerprint density at radius 3 is 2.29 bits per heavy atom. The lowest BCUT2D eigenvalue weighted by molar-refractivity contribution is -0.120. The molecule has 0 aliphatic carbocycles. The Bertz CT molecular complexity index is 437. The number of hydrogen-bond acceptors (Lipinski definition) is 3. The first-order valence-electron chi connectivity index (χ1n) is 4.93. The maximum atomic E-state index is 11.7. The second-order valence-electron chi connectivity index (χ2n) is 3.34. The molecule has 0 bridgehead atoms. The SMILES string of the molecule is CCC(=O)NCC(=O)c1cc(Cl)c(O)c(Cl)c1. The molecule has 6 heteroatoms. The summed E-state index contributed by atoms with van der Waals surface area (Å²) in [5, 5.41) is 11.8. The van der Waals surface area contributed by atoms with E-state index >= 15 is 0 Å². The number of benzene rings is 1. The summed E-state index contributed by atoms with van der Waals surface area (Å²) in [7, 11) is 0. The lowest BCUT2D eigenvalue weighted by atomic mass is 10.1. The van der Waals surface area contributed by atoms with E-state index in [2.05, 4.69) is 5.32 Å². The van der Waals surface area contributed by atoms with Gasteiger partial charge in [0.2, 0.25) is 5.91 Å². The molecule has 17 heavy (non-hydrogen) atoms. The Morgan fingerprint density at radius 2 is 1.82 bits per heavy atom. The van der Waals surface area contributed by atoms with Gasteiger partial charge in [-0.2, -0.15) is 0 Å². The smallest absolute Gasteiger partial charge is 0.220 e. The molecule has 92 valence electrons. The van der Waals surface area contributed by atoms with Gasteiger partial charge in [-0.25, -0.2) is 0 Å². The summed E-state index contributed by atoms with van der Waals surface area (Å²) in [6.07, 6.45) is 0.310. The van der Waals surface area contributed by atoms with Crippen LogP contribution in [0.5, 0.6) is 5.75 Å². The van der Waals surface area contributed by atoms with Crippen molar-refractivity contribution >= 4 is 34.9 Å². The number of Topliss-reactive ketones (excluding diaryl/α,β-unsaturated/α-hetero) is 1. The minimum absolute atomic E-state index is 0.00247. The van der Waals surface area contributed by atoms with Crippen LogP contribution in [-0.2, 0) is 4.79 Å². The van der Waals surface area contributed by atoms with Crippen molar-refractivity contribution in [3.63, 3.8) is 0 Å². The van der Waals surface area contributed by atoms with Gasteiger partial charge in [-0.05, 0) is 12.1 Å². The molecule has 1 amide bonds. The summed E-state index contributed by atoms with van der Waals surface area (Å²) < 4.78 is 0. The predicted octanol–water partition coefficient (Wildman–Crippen LogP) is 2.41. The van der Waals surface area contributed by atoms with E-state index in [0.717, 1.165) is 0 Å². The van der Waals surface area contributed by atoms with E-state index in [1.54, 1.807) is 6.92 Å². The first-order valence-corrected chi connectivity index (χ1v) is 5.69.